The summed E-state index contributed by atoms with van der Waals surface area (Å²) in [5.74, 6) is 0.875. The maximum Gasteiger partial charge on any atom is 0.145 e. The van der Waals surface area contributed by atoms with Gasteiger partial charge in [0.1, 0.15) is 11.3 Å². The molecule has 12 aromatic rings. The van der Waals surface area contributed by atoms with E-state index in [1.807, 2.05) is 18.5 Å². The lowest BCUT2D eigenvalue weighted by atomic mass is 9.91. The van der Waals surface area contributed by atoms with Gasteiger partial charge in [-0.25, -0.2) is 9.97 Å². The first-order valence-corrected chi connectivity index (χ1v) is 20.0. The largest absolute Gasteiger partial charge is 0.292 e. The summed E-state index contributed by atoms with van der Waals surface area (Å²) >= 11 is 0. The lowest BCUT2D eigenvalue weighted by molar-refractivity contribution is 1.10. The number of rotatable bonds is 5. The molecule has 0 saturated carbocycles. The van der Waals surface area contributed by atoms with E-state index in [1.54, 1.807) is 0 Å². The minimum atomic E-state index is 0.851. The molecule has 0 atom stereocenters. The maximum absolute atomic E-state index is 5.51. The molecule has 0 fully saturated rings. The number of benzene rings is 9. The van der Waals surface area contributed by atoms with E-state index < -0.39 is 0 Å². The summed E-state index contributed by atoms with van der Waals surface area (Å²) in [6.07, 6.45) is 3.68. The molecule has 9 aromatic carbocycles. The van der Waals surface area contributed by atoms with Crippen molar-refractivity contribution in [1.29, 1.82) is 0 Å². The Balaban J connectivity index is 1.07. The van der Waals surface area contributed by atoms with Gasteiger partial charge in [0.2, 0.25) is 0 Å². The van der Waals surface area contributed by atoms with Crippen molar-refractivity contribution in [3.8, 4) is 50.7 Å². The smallest absolute Gasteiger partial charge is 0.145 e. The van der Waals surface area contributed by atoms with Gasteiger partial charge in [0.15, 0.2) is 0 Å². The summed E-state index contributed by atoms with van der Waals surface area (Å²) in [5, 5.41) is 12.1. The monoisotopic (exact) mass is 750 g/mol. The Morgan fingerprint density at radius 2 is 0.915 bits per heavy atom. The molecular weight excluding hydrogens is 717 g/mol. The molecule has 274 valence electrons. The predicted molar refractivity (Wildman–Crippen MR) is 246 cm³/mol. The molecule has 0 spiro atoms. The molecule has 0 amide bonds. The van der Waals surface area contributed by atoms with Gasteiger partial charge in [-0.15, -0.1) is 0 Å². The van der Waals surface area contributed by atoms with Gasteiger partial charge in [0.05, 0.1) is 23.1 Å². The van der Waals surface area contributed by atoms with Crippen molar-refractivity contribution in [3.05, 3.63) is 207 Å². The maximum atomic E-state index is 5.51. The topological polar surface area (TPSA) is 43.6 Å². The van der Waals surface area contributed by atoms with Crippen LogP contribution >= 0.6 is 0 Å². The molecule has 3 aromatic heterocycles. The van der Waals surface area contributed by atoms with E-state index in [1.165, 1.54) is 59.4 Å². The molecule has 0 radical (unpaired) electrons. The number of pyridine rings is 2. The van der Waals surface area contributed by atoms with Crippen molar-refractivity contribution in [2.45, 2.75) is 0 Å². The van der Waals surface area contributed by atoms with Crippen LogP contribution in [0.5, 0.6) is 0 Å². The summed E-state index contributed by atoms with van der Waals surface area (Å²) in [7, 11) is 0. The Morgan fingerprint density at radius 1 is 0.356 bits per heavy atom. The Bertz CT molecular complexity index is 3480. The first-order valence-electron chi connectivity index (χ1n) is 20.0. The van der Waals surface area contributed by atoms with Crippen LogP contribution in [0.4, 0.5) is 0 Å². The van der Waals surface area contributed by atoms with Crippen LogP contribution in [0.2, 0.25) is 0 Å². The molecule has 12 rings (SSSR count). The minimum absolute atomic E-state index is 0.851. The van der Waals surface area contributed by atoms with E-state index in [0.29, 0.717) is 0 Å². The molecule has 0 aliphatic rings. The molecule has 0 aliphatic carbocycles. The van der Waals surface area contributed by atoms with Crippen LogP contribution in [0.3, 0.4) is 0 Å². The highest BCUT2D eigenvalue weighted by Crippen LogP contribution is 2.41. The quantitative estimate of drug-likeness (QED) is 0.165. The van der Waals surface area contributed by atoms with E-state index in [-0.39, 0.29) is 0 Å². The van der Waals surface area contributed by atoms with Crippen LogP contribution in [0.25, 0.3) is 116 Å². The van der Waals surface area contributed by atoms with Gasteiger partial charge in [-0.3, -0.25) is 9.55 Å². The summed E-state index contributed by atoms with van der Waals surface area (Å²) < 4.78 is 2.24. The van der Waals surface area contributed by atoms with E-state index in [4.69, 9.17) is 9.97 Å². The summed E-state index contributed by atoms with van der Waals surface area (Å²) in [6.45, 7) is 0. The van der Waals surface area contributed by atoms with Crippen LogP contribution in [0.1, 0.15) is 0 Å². The number of aromatic nitrogens is 4. The highest BCUT2D eigenvalue weighted by molar-refractivity contribution is 6.15. The first kappa shape index (κ1) is 33.2. The standard InChI is InChI=1S/C55H34N4/c1-2-12-37-29-40(22-21-35(37)11-1)55-58-53-34-56-28-27-54(53)59(55)42-25-23-36(24-26-42)51-32-41(49-30-38-13-3-5-15-43(38)45-17-7-9-19-47(45)49)33-52(57-51)50-31-39-14-4-6-16-44(39)46-18-8-10-20-48(46)50/h1-34H. The molecule has 0 N–H and O–H groups in total. The Hall–Kier alpha value is -7.95. The molecule has 0 aliphatic heterocycles. The normalized spacial score (nSPS) is 11.7. The third kappa shape index (κ3) is 5.49. The molecule has 0 saturated heterocycles. The zero-order valence-electron chi connectivity index (χ0n) is 31.9. The molecule has 0 bridgehead atoms. The number of hydrogen-bond donors (Lipinski definition) is 0. The lowest BCUT2D eigenvalue weighted by Crippen LogP contribution is -1.98. The van der Waals surface area contributed by atoms with Crippen molar-refractivity contribution in [3.63, 3.8) is 0 Å². The second-order valence-corrected chi connectivity index (χ2v) is 15.3. The average molecular weight is 751 g/mol. The van der Waals surface area contributed by atoms with Crippen LogP contribution in [0.15, 0.2) is 207 Å². The van der Waals surface area contributed by atoms with Gasteiger partial charge in [-0.05, 0) is 114 Å². The first-order chi connectivity index (χ1) is 29.2. The third-order valence-corrected chi connectivity index (χ3v) is 11.8. The number of fused-ring (bicyclic) bond motifs is 8. The van der Waals surface area contributed by atoms with Crippen LogP contribution in [0, 0.1) is 0 Å². The number of imidazole rings is 1. The van der Waals surface area contributed by atoms with E-state index in [9.17, 15) is 0 Å². The summed E-state index contributed by atoms with van der Waals surface area (Å²) in [6, 6.07) is 69.8. The van der Waals surface area contributed by atoms with Crippen LogP contribution in [-0.4, -0.2) is 19.5 Å². The fourth-order valence-electron chi connectivity index (χ4n) is 9.03. The summed E-state index contributed by atoms with van der Waals surface area (Å²) in [4.78, 5) is 15.0. The van der Waals surface area contributed by atoms with E-state index in [0.717, 1.165) is 56.2 Å². The van der Waals surface area contributed by atoms with Gasteiger partial charge in [0, 0.05) is 28.6 Å². The number of hydrogen-bond acceptors (Lipinski definition) is 3. The Morgan fingerprint density at radius 3 is 1.63 bits per heavy atom. The summed E-state index contributed by atoms with van der Waals surface area (Å²) in [5.41, 5.74) is 10.2. The van der Waals surface area contributed by atoms with Crippen molar-refractivity contribution >= 4 is 64.9 Å². The van der Waals surface area contributed by atoms with Gasteiger partial charge in [-0.2, -0.15) is 0 Å². The van der Waals surface area contributed by atoms with Crippen molar-refractivity contribution < 1.29 is 0 Å². The van der Waals surface area contributed by atoms with Crippen molar-refractivity contribution in [2.24, 2.45) is 0 Å². The Kier molecular flexibility index (Phi) is 7.50. The van der Waals surface area contributed by atoms with Gasteiger partial charge < -0.3 is 0 Å². The SMILES string of the molecule is c1ccc2cc(-c3nc4cnccc4n3-c3ccc(-c4cc(-c5cc6ccccc6c6ccccc56)cc(-c5cc6ccccc6c6ccccc56)n4)cc3)ccc2c1. The van der Waals surface area contributed by atoms with E-state index >= 15 is 0 Å². The lowest BCUT2D eigenvalue weighted by Gasteiger charge is -2.16. The van der Waals surface area contributed by atoms with E-state index in [2.05, 4.69) is 198 Å². The molecular formula is C55H34N4. The van der Waals surface area contributed by atoms with Crippen molar-refractivity contribution in [2.75, 3.05) is 0 Å². The molecule has 4 nitrogen and oxygen atoms in total. The molecule has 0 unspecified atom stereocenters. The van der Waals surface area contributed by atoms with Gasteiger partial charge in [-0.1, -0.05) is 146 Å². The predicted octanol–water partition coefficient (Wildman–Crippen LogP) is 14.2. The fraction of sp³-hybridized carbons (Fsp3) is 0. The van der Waals surface area contributed by atoms with Gasteiger partial charge >= 0.3 is 0 Å². The molecule has 4 heteroatoms. The molecule has 59 heavy (non-hydrogen) atoms. The highest BCUT2D eigenvalue weighted by atomic mass is 15.1. The second kappa shape index (κ2) is 13.3. The fourth-order valence-corrected chi connectivity index (χ4v) is 9.03. The van der Waals surface area contributed by atoms with Crippen molar-refractivity contribution in [1.82, 2.24) is 19.5 Å². The minimum Gasteiger partial charge on any atom is -0.292 e. The molecule has 3 heterocycles. The third-order valence-electron chi connectivity index (χ3n) is 11.8. The zero-order valence-corrected chi connectivity index (χ0v) is 31.9. The van der Waals surface area contributed by atoms with Gasteiger partial charge in [0.25, 0.3) is 0 Å². The highest BCUT2D eigenvalue weighted by Gasteiger charge is 2.18. The number of nitrogens with zero attached hydrogens (tertiary/aromatic N) is 4. The average Bonchev–Trinajstić information content (AvgIpc) is 3.70. The second-order valence-electron chi connectivity index (χ2n) is 15.3. The zero-order chi connectivity index (χ0) is 38.9. The van der Waals surface area contributed by atoms with Crippen LogP contribution < -0.4 is 0 Å². The van der Waals surface area contributed by atoms with Crippen LogP contribution in [-0.2, 0) is 0 Å². The Labute approximate surface area is 340 Å².